The molecule has 2 rings (SSSR count). The minimum atomic E-state index is -0.809. The van der Waals surface area contributed by atoms with Gasteiger partial charge in [-0.3, -0.25) is 9.59 Å². The highest BCUT2D eigenvalue weighted by Crippen LogP contribution is 2.18. The molecule has 2 aromatic carbocycles. The maximum Gasteiger partial charge on any atom is 0.514 e. The smallest absolute Gasteiger partial charge is 0.429 e. The van der Waals surface area contributed by atoms with Gasteiger partial charge in [0.05, 0.1) is 0 Å². The summed E-state index contributed by atoms with van der Waals surface area (Å²) in [6.45, 7) is 3.44. The van der Waals surface area contributed by atoms with E-state index in [1.54, 1.807) is 24.3 Å². The number of unbranched alkanes of at least 4 members (excludes halogenated alkanes) is 6. The third-order valence-corrected chi connectivity index (χ3v) is 6.98. The molecule has 8 nitrogen and oxygen atoms in total. The van der Waals surface area contributed by atoms with Gasteiger partial charge in [0.25, 0.3) is 0 Å². The Kier molecular flexibility index (Phi) is 15.9. The van der Waals surface area contributed by atoms with Gasteiger partial charge in [-0.2, -0.15) is 0 Å². The fourth-order valence-corrected chi connectivity index (χ4v) is 4.35. The van der Waals surface area contributed by atoms with Gasteiger partial charge in [-0.25, -0.2) is 4.79 Å². The highest BCUT2D eigenvalue weighted by Gasteiger charge is 2.21. The Balaban J connectivity index is 1.90. The van der Waals surface area contributed by atoms with Crippen molar-refractivity contribution in [3.8, 4) is 5.75 Å². The van der Waals surface area contributed by atoms with E-state index in [4.69, 9.17) is 15.2 Å². The van der Waals surface area contributed by atoms with Crippen LogP contribution in [0.5, 0.6) is 5.75 Å². The minimum Gasteiger partial charge on any atom is -0.429 e. The van der Waals surface area contributed by atoms with E-state index in [1.165, 1.54) is 12.8 Å². The second kappa shape index (κ2) is 19.2. The largest absolute Gasteiger partial charge is 0.514 e. The van der Waals surface area contributed by atoms with E-state index in [9.17, 15) is 14.4 Å². The maximum absolute atomic E-state index is 12.9. The van der Waals surface area contributed by atoms with Gasteiger partial charge in [0.1, 0.15) is 18.4 Å². The van der Waals surface area contributed by atoms with E-state index in [0.29, 0.717) is 31.7 Å². The normalized spacial score (nSPS) is 11.5. The topological polar surface area (TPSA) is 120 Å². The molecule has 0 radical (unpaired) electrons. The van der Waals surface area contributed by atoms with E-state index in [-0.39, 0.29) is 18.4 Å². The lowest BCUT2D eigenvalue weighted by molar-refractivity contribution is -0.129. The summed E-state index contributed by atoms with van der Waals surface area (Å²) in [5.41, 5.74) is 7.19. The Morgan fingerprint density at radius 3 is 2.36 bits per heavy atom. The van der Waals surface area contributed by atoms with Crippen molar-refractivity contribution in [1.29, 1.82) is 0 Å². The summed E-state index contributed by atoms with van der Waals surface area (Å²) in [5, 5.41) is 5.87. The van der Waals surface area contributed by atoms with Crippen molar-refractivity contribution in [2.45, 2.75) is 83.8 Å². The molecule has 0 fully saturated rings. The summed E-state index contributed by atoms with van der Waals surface area (Å²) in [6.07, 6.45) is 7.86. The number of amides is 2. The van der Waals surface area contributed by atoms with Crippen LogP contribution in [0.1, 0.15) is 75.8 Å². The van der Waals surface area contributed by atoms with Gasteiger partial charge in [0, 0.05) is 29.4 Å². The van der Waals surface area contributed by atoms with Gasteiger partial charge < -0.3 is 25.8 Å². The van der Waals surface area contributed by atoms with E-state index >= 15 is 0 Å². The molecule has 0 bridgehead atoms. The third-order valence-electron chi connectivity index (χ3n) is 6.21. The summed E-state index contributed by atoms with van der Waals surface area (Å²) < 4.78 is 11.3. The number of halogens is 1. The number of rotatable bonds is 18. The van der Waals surface area contributed by atoms with Gasteiger partial charge >= 0.3 is 6.16 Å². The first kappa shape index (κ1) is 32.3. The first-order valence-corrected chi connectivity index (χ1v) is 14.7. The Bertz CT molecular complexity index is 1020. The minimum absolute atomic E-state index is 0.0830. The summed E-state index contributed by atoms with van der Waals surface area (Å²) in [7, 11) is 0. The number of hydrogen-bond donors (Lipinski definition) is 3. The molecule has 0 aliphatic heterocycles. The van der Waals surface area contributed by atoms with Crippen molar-refractivity contribution in [2.75, 3.05) is 13.1 Å². The molecule has 4 N–H and O–H groups in total. The van der Waals surface area contributed by atoms with Crippen LogP contribution in [0.4, 0.5) is 4.79 Å². The predicted molar refractivity (Wildman–Crippen MR) is 156 cm³/mol. The van der Waals surface area contributed by atoms with Crippen molar-refractivity contribution in [3.63, 3.8) is 0 Å². The highest BCUT2D eigenvalue weighted by molar-refractivity contribution is 9.10. The zero-order chi connectivity index (χ0) is 28.3. The molecule has 0 aliphatic rings. The van der Waals surface area contributed by atoms with Crippen LogP contribution in [0.15, 0.2) is 53.0 Å². The summed E-state index contributed by atoms with van der Waals surface area (Å²) in [4.78, 5) is 37.6. The molecule has 0 saturated carbocycles. The maximum atomic E-state index is 12.9. The Morgan fingerprint density at radius 1 is 0.923 bits per heavy atom. The fraction of sp³-hybridized carbons (Fsp3) is 0.500. The van der Waals surface area contributed by atoms with Gasteiger partial charge in [0.2, 0.25) is 11.8 Å². The number of carbonyl (C=O) groups is 3. The zero-order valence-electron chi connectivity index (χ0n) is 22.9. The second-order valence-electron chi connectivity index (χ2n) is 9.50. The van der Waals surface area contributed by atoms with Crippen LogP contribution in [0.3, 0.4) is 0 Å². The molecule has 1 atom stereocenters. The number of nitrogens with one attached hydrogen (secondary N) is 2. The fourth-order valence-electron chi connectivity index (χ4n) is 3.95. The van der Waals surface area contributed by atoms with Crippen molar-refractivity contribution in [2.24, 2.45) is 5.73 Å². The van der Waals surface area contributed by atoms with Crippen LogP contribution in [0.25, 0.3) is 0 Å². The van der Waals surface area contributed by atoms with Crippen molar-refractivity contribution >= 4 is 33.9 Å². The molecule has 2 amide bonds. The molecule has 214 valence electrons. The SMILES string of the molecule is CCCCCCCNC(=O)[C@H](Cc1ccc(OC(=O)OCc2ccccc2Br)cc1)NC(=O)CCCCCN. The van der Waals surface area contributed by atoms with Crippen LogP contribution in [0.2, 0.25) is 0 Å². The molecule has 0 spiro atoms. The van der Waals surface area contributed by atoms with E-state index in [1.807, 2.05) is 24.3 Å². The van der Waals surface area contributed by atoms with Crippen LogP contribution >= 0.6 is 15.9 Å². The van der Waals surface area contributed by atoms with Crippen molar-refractivity contribution < 1.29 is 23.9 Å². The van der Waals surface area contributed by atoms with Gasteiger partial charge in [-0.15, -0.1) is 0 Å². The van der Waals surface area contributed by atoms with Gasteiger partial charge in [0.15, 0.2) is 0 Å². The summed E-state index contributed by atoms with van der Waals surface area (Å²) >= 11 is 3.42. The van der Waals surface area contributed by atoms with Crippen LogP contribution < -0.4 is 21.1 Å². The number of nitrogens with two attached hydrogens (primary N) is 1. The monoisotopic (exact) mass is 603 g/mol. The average molecular weight is 605 g/mol. The quantitative estimate of drug-likeness (QED) is 0.112. The molecule has 0 aliphatic carbocycles. The lowest BCUT2D eigenvalue weighted by Crippen LogP contribution is -2.48. The molecule has 2 aromatic rings. The van der Waals surface area contributed by atoms with E-state index in [0.717, 1.165) is 54.1 Å². The molecular weight excluding hydrogens is 562 g/mol. The Morgan fingerprint density at radius 2 is 1.64 bits per heavy atom. The average Bonchev–Trinajstić information content (AvgIpc) is 2.93. The molecule has 0 unspecified atom stereocenters. The van der Waals surface area contributed by atoms with Gasteiger partial charge in [-0.05, 0) is 49.6 Å². The molecule has 39 heavy (non-hydrogen) atoms. The van der Waals surface area contributed by atoms with E-state index < -0.39 is 12.2 Å². The molecule has 0 heterocycles. The lowest BCUT2D eigenvalue weighted by Gasteiger charge is -2.19. The van der Waals surface area contributed by atoms with E-state index in [2.05, 4.69) is 33.5 Å². The van der Waals surface area contributed by atoms with Crippen molar-refractivity contribution in [1.82, 2.24) is 10.6 Å². The second-order valence-corrected chi connectivity index (χ2v) is 10.4. The van der Waals surface area contributed by atoms with Crippen LogP contribution in [-0.2, 0) is 27.4 Å². The van der Waals surface area contributed by atoms with Crippen molar-refractivity contribution in [3.05, 3.63) is 64.1 Å². The third kappa shape index (κ3) is 13.6. The first-order chi connectivity index (χ1) is 18.9. The summed E-state index contributed by atoms with van der Waals surface area (Å²) in [6, 6.07) is 13.6. The Hall–Kier alpha value is -2.91. The first-order valence-electron chi connectivity index (χ1n) is 13.9. The predicted octanol–water partition coefficient (Wildman–Crippen LogP) is 5.80. The number of benzene rings is 2. The molecular formula is C30H42BrN3O5. The number of carbonyl (C=O) groups excluding carboxylic acids is 3. The summed E-state index contributed by atoms with van der Waals surface area (Å²) in [5.74, 6) is -0.0208. The van der Waals surface area contributed by atoms with Crippen LogP contribution in [-0.4, -0.2) is 37.1 Å². The zero-order valence-corrected chi connectivity index (χ0v) is 24.5. The standard InChI is InChI=1S/C30H42BrN3O5/c1-2-3-4-5-11-20-33-29(36)27(34-28(35)14-7-6-10-19-32)21-23-15-17-25(18-16-23)39-30(37)38-22-24-12-8-9-13-26(24)31/h8-9,12-13,15-18,27H,2-7,10-11,14,19-22,32H2,1H3,(H,33,36)(H,34,35)/t27-/m0/s1. The lowest BCUT2D eigenvalue weighted by atomic mass is 10.0. The number of ether oxygens (including phenoxy) is 2. The Labute approximate surface area is 240 Å². The molecule has 0 saturated heterocycles. The molecule has 9 heteroatoms. The van der Waals surface area contributed by atoms with Gasteiger partial charge in [-0.1, -0.05) is 85.3 Å². The van der Waals surface area contributed by atoms with Crippen LogP contribution in [0, 0.1) is 0 Å². The number of hydrogen-bond acceptors (Lipinski definition) is 6. The molecule has 0 aromatic heterocycles. The highest BCUT2D eigenvalue weighted by atomic mass is 79.9.